The van der Waals surface area contributed by atoms with E-state index in [4.69, 9.17) is 37.9 Å². The normalized spacial score (nSPS) is 13.8. The Labute approximate surface area is 697 Å². The molecule has 0 heterocycles. The summed E-state index contributed by atoms with van der Waals surface area (Å²) < 4.78 is 43.2. The number of alkyl carbamates (subject to hydrolysis) is 8. The van der Waals surface area contributed by atoms with Crippen LogP contribution in [0.1, 0.15) is 262 Å². The molecule has 0 spiro atoms. The Hall–Kier alpha value is -9.20. The van der Waals surface area contributed by atoms with Gasteiger partial charge in [0.15, 0.2) is 0 Å². The lowest BCUT2D eigenvalue weighted by Gasteiger charge is -2.27. The maximum absolute atomic E-state index is 14.9. The van der Waals surface area contributed by atoms with Gasteiger partial charge in [-0.25, -0.2) is 38.4 Å². The van der Waals surface area contributed by atoms with Crippen LogP contribution in [0.2, 0.25) is 0 Å². The van der Waals surface area contributed by atoms with Crippen molar-refractivity contribution in [3.8, 4) is 0 Å². The van der Waals surface area contributed by atoms with E-state index in [0.717, 1.165) is 0 Å². The SMILES string of the molecule is CC(C)(C)OC(=O)NCCC[C@H](NC(=O)OC(C)(C)C)C(=O)NCCC[C@H](NC(=O)[C@H](CCCNC(=O)OC(C)(C)C)NC(=O)OC(C)(C)C)C(=O)NCCC[C@H](NC(=O)[C@H](CCCNC(=O)[C@H](CCCNC(=O)OC(C)(C)C)NC(=O)OC(C)(C)C)NC(=O)[C@H](CCCNC(=O)OC(C)(C)C)NC(=O)OC(C)(C)C)C(=O)NCCCS. The van der Waals surface area contributed by atoms with Gasteiger partial charge >= 0.3 is 48.7 Å². The van der Waals surface area contributed by atoms with Gasteiger partial charge in [-0.2, -0.15) is 12.6 Å². The summed E-state index contributed by atoms with van der Waals surface area (Å²) in [6.45, 7) is 39.4. The molecule has 15 amide bonds. The number of hydrogen-bond acceptors (Lipinski definition) is 24. The Balaban J connectivity index is 7.66. The van der Waals surface area contributed by atoms with Gasteiger partial charge in [-0.3, -0.25) is 33.6 Å². The molecular weight excluding hydrogens is 1550 g/mol. The predicted octanol–water partition coefficient (Wildman–Crippen LogP) is 7.36. The number of carbonyl (C=O) groups excluding carboxylic acids is 15. The van der Waals surface area contributed by atoms with Crippen LogP contribution >= 0.6 is 12.6 Å². The maximum atomic E-state index is 14.9. The first-order valence-corrected chi connectivity index (χ1v) is 40.8. The first kappa shape index (κ1) is 108. The topological polar surface area (TPSA) is 510 Å². The third-order valence-corrected chi connectivity index (χ3v) is 15.1. The molecule has 0 fully saturated rings. The van der Waals surface area contributed by atoms with E-state index >= 15 is 0 Å². The van der Waals surface area contributed by atoms with Crippen molar-refractivity contribution in [1.82, 2.24) is 79.8 Å². The lowest BCUT2D eigenvalue weighted by atomic mass is 10.0. The molecule has 15 N–H and O–H groups in total. The summed E-state index contributed by atoms with van der Waals surface area (Å²) in [5.74, 6) is -5.08. The number of carbonyl (C=O) groups is 15. The van der Waals surface area contributed by atoms with Gasteiger partial charge in [0.1, 0.15) is 87.1 Å². The Morgan fingerprint density at radius 1 is 0.197 bits per heavy atom. The monoisotopic (exact) mass is 1690 g/mol. The number of rotatable bonds is 45. The molecule has 0 bridgehead atoms. The quantitative estimate of drug-likeness (QED) is 0.0161. The van der Waals surface area contributed by atoms with Gasteiger partial charge in [-0.1, -0.05) is 0 Å². The zero-order chi connectivity index (χ0) is 89.9. The largest absolute Gasteiger partial charge is 0.444 e. The van der Waals surface area contributed by atoms with Gasteiger partial charge < -0.3 is 118 Å². The highest BCUT2D eigenvalue weighted by molar-refractivity contribution is 7.80. The summed E-state index contributed by atoms with van der Waals surface area (Å²) in [5, 5.41) is 39.9. The van der Waals surface area contributed by atoms with Crippen LogP contribution in [0, 0.1) is 0 Å². The molecule has 0 rings (SSSR count). The average molecular weight is 1690 g/mol. The third kappa shape index (κ3) is 59.2. The van der Waals surface area contributed by atoms with Crippen molar-refractivity contribution >= 4 is 103 Å². The second-order valence-corrected chi connectivity index (χ2v) is 36.4. The maximum Gasteiger partial charge on any atom is 0.408 e. The fourth-order valence-electron chi connectivity index (χ4n) is 10.1. The Bertz CT molecular complexity index is 3180. The van der Waals surface area contributed by atoms with Crippen molar-refractivity contribution in [3.05, 3.63) is 0 Å². The molecule has 0 saturated carbocycles. The fourth-order valence-corrected chi connectivity index (χ4v) is 10.2. The molecule has 0 saturated heterocycles. The highest BCUT2D eigenvalue weighted by atomic mass is 32.1. The van der Waals surface area contributed by atoms with Gasteiger partial charge in [0.2, 0.25) is 41.4 Å². The number of amides is 15. The lowest BCUT2D eigenvalue weighted by Crippen LogP contribution is -2.57. The Morgan fingerprint density at radius 2 is 0.333 bits per heavy atom. The van der Waals surface area contributed by atoms with E-state index in [1.54, 1.807) is 166 Å². The van der Waals surface area contributed by atoms with Crippen molar-refractivity contribution in [2.75, 3.05) is 58.1 Å². The van der Waals surface area contributed by atoms with Crippen LogP contribution in [0.25, 0.3) is 0 Å². The number of hydrogen-bond donors (Lipinski definition) is 16. The zero-order valence-electron chi connectivity index (χ0n) is 73.8. The van der Waals surface area contributed by atoms with Crippen molar-refractivity contribution in [2.45, 2.75) is 350 Å². The van der Waals surface area contributed by atoms with Gasteiger partial charge in [0, 0.05) is 52.4 Å². The highest BCUT2D eigenvalue weighted by Gasteiger charge is 2.35. The van der Waals surface area contributed by atoms with Crippen LogP contribution < -0.4 is 79.8 Å². The van der Waals surface area contributed by atoms with Crippen LogP contribution in [0.15, 0.2) is 0 Å². The summed E-state index contributed by atoms with van der Waals surface area (Å²) in [4.78, 5) is 203. The van der Waals surface area contributed by atoms with Crippen LogP contribution in [-0.2, 0) is 71.5 Å². The summed E-state index contributed by atoms with van der Waals surface area (Å²) >= 11 is 4.28. The summed E-state index contributed by atoms with van der Waals surface area (Å²) in [7, 11) is 0. The van der Waals surface area contributed by atoms with Gasteiger partial charge in [-0.15, -0.1) is 0 Å². The number of ether oxygens (including phenoxy) is 8. The second kappa shape index (κ2) is 51.9. The third-order valence-electron chi connectivity index (χ3n) is 14.8. The molecule has 0 unspecified atom stereocenters. The van der Waals surface area contributed by atoms with Crippen molar-refractivity contribution in [2.24, 2.45) is 0 Å². The number of thiol groups is 1. The summed E-state index contributed by atoms with van der Waals surface area (Å²) in [6.07, 6.45) is -6.50. The van der Waals surface area contributed by atoms with E-state index in [-0.39, 0.29) is 142 Å². The minimum atomic E-state index is -1.52. The molecule has 674 valence electrons. The lowest BCUT2D eigenvalue weighted by molar-refractivity contribution is -0.133. The van der Waals surface area contributed by atoms with Crippen LogP contribution in [0.5, 0.6) is 0 Å². The molecule has 117 heavy (non-hydrogen) atoms. The average Bonchev–Trinajstić information content (AvgIpc) is 0.869. The van der Waals surface area contributed by atoms with Gasteiger partial charge in [0.05, 0.1) is 0 Å². The van der Waals surface area contributed by atoms with E-state index in [2.05, 4.69) is 92.4 Å². The molecule has 0 aliphatic rings. The molecule has 38 nitrogen and oxygen atoms in total. The summed E-state index contributed by atoms with van der Waals surface area (Å²) in [6, 6.07) is -9.47. The summed E-state index contributed by atoms with van der Waals surface area (Å²) in [5.41, 5.74) is -7.15. The highest BCUT2D eigenvalue weighted by Crippen LogP contribution is 2.17. The first-order valence-electron chi connectivity index (χ1n) is 40.1. The molecule has 0 aromatic rings. The van der Waals surface area contributed by atoms with Crippen molar-refractivity contribution in [1.29, 1.82) is 0 Å². The van der Waals surface area contributed by atoms with Crippen LogP contribution in [0.3, 0.4) is 0 Å². The van der Waals surface area contributed by atoms with Crippen molar-refractivity contribution < 1.29 is 110 Å². The Morgan fingerprint density at radius 3 is 0.504 bits per heavy atom. The number of nitrogens with one attached hydrogen (secondary N) is 15. The van der Waals surface area contributed by atoms with E-state index in [0.29, 0.717) is 12.2 Å². The van der Waals surface area contributed by atoms with E-state index in [9.17, 15) is 71.9 Å². The van der Waals surface area contributed by atoms with E-state index in [1.165, 1.54) is 0 Å². The molecular formula is C78H143N15O23S. The zero-order valence-corrected chi connectivity index (χ0v) is 74.7. The Kier molecular flexibility index (Phi) is 47.8. The van der Waals surface area contributed by atoms with Gasteiger partial charge in [0.25, 0.3) is 0 Å². The fraction of sp³-hybridized carbons (Fsp3) is 0.808. The van der Waals surface area contributed by atoms with Crippen LogP contribution in [0.4, 0.5) is 38.4 Å². The van der Waals surface area contributed by atoms with Crippen molar-refractivity contribution in [3.63, 3.8) is 0 Å². The van der Waals surface area contributed by atoms with E-state index in [1.807, 2.05) is 0 Å². The molecule has 0 radical (unpaired) electrons. The van der Waals surface area contributed by atoms with Crippen LogP contribution in [-0.4, -0.2) is 235 Å². The second-order valence-electron chi connectivity index (χ2n) is 35.9. The predicted molar refractivity (Wildman–Crippen MR) is 441 cm³/mol. The molecule has 7 atom stereocenters. The smallest absolute Gasteiger partial charge is 0.408 e. The van der Waals surface area contributed by atoms with Gasteiger partial charge in [-0.05, 0) is 268 Å². The molecule has 0 aromatic carbocycles. The molecule has 0 aliphatic heterocycles. The first-order chi connectivity index (χ1) is 53.6. The molecule has 0 aliphatic carbocycles. The minimum Gasteiger partial charge on any atom is -0.444 e. The van der Waals surface area contributed by atoms with E-state index < -0.39 is 177 Å². The minimum absolute atomic E-state index is 0.00263. The molecule has 0 aromatic heterocycles. The standard InChI is InChI=1S/C78H143N15O23S/c1-71(2,3)109-63(101)83-43-28-35-51(90-67(105)113-75(13,14)15)58(96)80-41-26-33-49(88-61(99)54(92-69(107)115-77(19,20)21)38-30-45-85-65(103)111-73(7,8)9)56(94)79-40-25-34-50(57(95)82-47-32-48-117)87-60(98)53(89-62(100)55(93-70(108)116-78(22,23)24)39-31-46-86-66(104)112-74(10,11)12)37-27-42-81-59(97)52(91-68(106)114-76(16,17)18)36-29-44-84-64(102)110-72(4,5)6/h49-55,117H,25-48H2,1-24H3,(H,79,94)(H,80,96)(H,81,97)(H,82,95)(H,83,101)(H,84,102)(H,85,103)(H,86,104)(H,87,98)(H,88,99)(H,89,100)(H,90,105)(H,91,106)(H,92,107)(H,93,108)/t49-,50-,51-,52-,53-,54-,55-/m0/s1. The molecule has 39 heteroatoms.